The van der Waals surface area contributed by atoms with Crippen molar-refractivity contribution in [1.82, 2.24) is 4.90 Å². The fraction of sp³-hybridized carbons (Fsp3) is 0.280. The van der Waals surface area contributed by atoms with Crippen LogP contribution in [-0.2, 0) is 5.60 Å². The minimum Gasteiger partial charge on any atom is -0.384 e. The Balaban J connectivity index is 1.62. The van der Waals surface area contributed by atoms with Crippen LogP contribution in [0.4, 0.5) is 5.69 Å². The Morgan fingerprint density at radius 1 is 0.903 bits per heavy atom. The number of β-amino-alcohol motifs (C(OH)–C–C–N with tert-alkyl or cyclic N) is 1. The Bertz CT molecular complexity index is 1020. The largest absolute Gasteiger partial charge is 0.384 e. The Hall–Kier alpha value is -1.75. The number of hydrogen-bond donors (Lipinski definition) is 1. The molecule has 0 aliphatic carbocycles. The second-order valence-electron chi connectivity index (χ2n) is 8.23. The number of aliphatic hydroxyl groups is 1. The first kappa shape index (κ1) is 22.4. The summed E-state index contributed by atoms with van der Waals surface area (Å²) in [5.74, 6) is 0. The van der Waals surface area contributed by atoms with Crippen LogP contribution in [-0.4, -0.2) is 36.2 Å². The van der Waals surface area contributed by atoms with E-state index < -0.39 is 5.60 Å². The van der Waals surface area contributed by atoms with Crippen molar-refractivity contribution in [2.75, 3.05) is 31.1 Å². The highest BCUT2D eigenvalue weighted by Crippen LogP contribution is 2.37. The zero-order chi connectivity index (χ0) is 22.0. The van der Waals surface area contributed by atoms with E-state index in [4.69, 9.17) is 34.8 Å². The molecule has 0 aromatic heterocycles. The first-order chi connectivity index (χ1) is 14.8. The van der Waals surface area contributed by atoms with E-state index in [1.54, 1.807) is 6.07 Å². The highest BCUT2D eigenvalue weighted by atomic mass is 35.5. The van der Waals surface area contributed by atoms with Gasteiger partial charge >= 0.3 is 0 Å². The molecule has 1 heterocycles. The van der Waals surface area contributed by atoms with Crippen molar-refractivity contribution >= 4 is 40.5 Å². The number of anilines is 1. The Kier molecular flexibility index (Phi) is 6.80. The van der Waals surface area contributed by atoms with E-state index in [2.05, 4.69) is 21.9 Å². The van der Waals surface area contributed by atoms with Gasteiger partial charge in [-0.25, -0.2) is 0 Å². The second-order valence-corrected chi connectivity index (χ2v) is 9.51. The molecule has 0 bridgehead atoms. The summed E-state index contributed by atoms with van der Waals surface area (Å²) in [6.07, 6.45) is 0. The third-order valence-electron chi connectivity index (χ3n) is 5.87. The van der Waals surface area contributed by atoms with Crippen LogP contribution >= 0.6 is 34.8 Å². The molecule has 1 aliphatic rings. The van der Waals surface area contributed by atoms with Crippen molar-refractivity contribution in [1.29, 1.82) is 0 Å². The standard InChI is InChI=1S/C25H25Cl3N2O/c1-25(31,19-5-3-2-4-6-19)17-29-13-14-30(23-12-11-21(27)15-22(23)28)24(16-29)18-7-9-20(26)10-8-18/h2-12,15,24,31H,13-14,16-17H2,1H3/t24-,25-/m0/s1. The van der Waals surface area contributed by atoms with Gasteiger partial charge in [0.15, 0.2) is 0 Å². The lowest BCUT2D eigenvalue weighted by atomic mass is 9.94. The molecule has 0 spiro atoms. The molecule has 0 radical (unpaired) electrons. The van der Waals surface area contributed by atoms with E-state index in [9.17, 15) is 5.11 Å². The molecule has 1 fully saturated rings. The minimum atomic E-state index is -0.939. The van der Waals surface area contributed by atoms with Gasteiger partial charge in [0.1, 0.15) is 0 Å². The van der Waals surface area contributed by atoms with Crippen LogP contribution in [0.1, 0.15) is 24.1 Å². The molecule has 3 aromatic carbocycles. The summed E-state index contributed by atoms with van der Waals surface area (Å²) in [6, 6.07) is 23.5. The molecule has 0 unspecified atom stereocenters. The van der Waals surface area contributed by atoms with E-state index in [1.165, 1.54) is 0 Å². The summed E-state index contributed by atoms with van der Waals surface area (Å²) in [6.45, 7) is 4.76. The molecular weight excluding hydrogens is 451 g/mol. The highest BCUT2D eigenvalue weighted by molar-refractivity contribution is 6.36. The number of rotatable bonds is 5. The molecule has 1 N–H and O–H groups in total. The maximum atomic E-state index is 11.2. The Labute approximate surface area is 198 Å². The van der Waals surface area contributed by atoms with Crippen molar-refractivity contribution in [3.63, 3.8) is 0 Å². The number of piperazine rings is 1. The molecule has 4 rings (SSSR count). The van der Waals surface area contributed by atoms with Crippen LogP contribution < -0.4 is 4.90 Å². The molecule has 3 nitrogen and oxygen atoms in total. The summed E-state index contributed by atoms with van der Waals surface area (Å²) in [4.78, 5) is 4.63. The van der Waals surface area contributed by atoms with E-state index in [1.807, 2.05) is 61.5 Å². The monoisotopic (exact) mass is 474 g/mol. The fourth-order valence-electron chi connectivity index (χ4n) is 4.28. The number of hydrogen-bond acceptors (Lipinski definition) is 3. The molecule has 1 aliphatic heterocycles. The molecule has 3 aromatic rings. The molecule has 162 valence electrons. The van der Waals surface area contributed by atoms with Gasteiger partial charge in [-0.15, -0.1) is 0 Å². The van der Waals surface area contributed by atoms with Gasteiger partial charge in [-0.1, -0.05) is 77.3 Å². The zero-order valence-corrected chi connectivity index (χ0v) is 19.6. The number of nitrogens with zero attached hydrogens (tertiary/aromatic N) is 2. The van der Waals surface area contributed by atoms with E-state index >= 15 is 0 Å². The van der Waals surface area contributed by atoms with Gasteiger partial charge in [0.05, 0.1) is 22.4 Å². The second kappa shape index (κ2) is 9.40. The lowest BCUT2D eigenvalue weighted by Gasteiger charge is -2.45. The van der Waals surface area contributed by atoms with Crippen molar-refractivity contribution in [2.45, 2.75) is 18.6 Å². The molecule has 6 heteroatoms. The Morgan fingerprint density at radius 3 is 2.26 bits per heavy atom. The van der Waals surface area contributed by atoms with E-state index in [0.29, 0.717) is 21.6 Å². The van der Waals surface area contributed by atoms with Crippen LogP contribution in [0.25, 0.3) is 0 Å². The number of benzene rings is 3. The maximum Gasteiger partial charge on any atom is 0.0994 e. The average molecular weight is 476 g/mol. The van der Waals surface area contributed by atoms with Crippen LogP contribution in [0, 0.1) is 0 Å². The summed E-state index contributed by atoms with van der Waals surface area (Å²) in [5.41, 5.74) is 2.09. The fourth-order valence-corrected chi connectivity index (χ4v) is 4.92. The maximum absolute atomic E-state index is 11.2. The summed E-state index contributed by atoms with van der Waals surface area (Å²) in [5, 5.41) is 13.1. The van der Waals surface area contributed by atoms with Crippen molar-refractivity contribution < 1.29 is 5.11 Å². The van der Waals surface area contributed by atoms with Crippen LogP contribution in [0.2, 0.25) is 15.1 Å². The Morgan fingerprint density at radius 2 is 1.58 bits per heavy atom. The molecule has 31 heavy (non-hydrogen) atoms. The van der Waals surface area contributed by atoms with Gasteiger partial charge in [0.2, 0.25) is 0 Å². The smallest absolute Gasteiger partial charge is 0.0994 e. The minimum absolute atomic E-state index is 0.0660. The summed E-state index contributed by atoms with van der Waals surface area (Å²) < 4.78 is 0. The van der Waals surface area contributed by atoms with Gasteiger partial charge in [-0.2, -0.15) is 0 Å². The summed E-state index contributed by atoms with van der Waals surface area (Å²) >= 11 is 18.8. The van der Waals surface area contributed by atoms with Gasteiger partial charge in [-0.05, 0) is 48.4 Å². The third-order valence-corrected chi connectivity index (χ3v) is 6.66. The lowest BCUT2D eigenvalue weighted by Crippen LogP contribution is -2.52. The molecular formula is C25H25Cl3N2O. The van der Waals surface area contributed by atoms with E-state index in [0.717, 1.165) is 36.4 Å². The predicted octanol–water partition coefficient (Wildman–Crippen LogP) is 6.42. The van der Waals surface area contributed by atoms with Gasteiger partial charge in [-0.3, -0.25) is 4.90 Å². The molecule has 0 saturated carbocycles. The predicted molar refractivity (Wildman–Crippen MR) is 130 cm³/mol. The van der Waals surface area contributed by atoms with Crippen LogP contribution in [0.15, 0.2) is 72.8 Å². The quantitative estimate of drug-likeness (QED) is 0.461. The van der Waals surface area contributed by atoms with Crippen LogP contribution in [0.3, 0.4) is 0 Å². The molecule has 1 saturated heterocycles. The molecule has 0 amide bonds. The third kappa shape index (κ3) is 5.19. The van der Waals surface area contributed by atoms with Crippen molar-refractivity contribution in [3.8, 4) is 0 Å². The first-order valence-corrected chi connectivity index (χ1v) is 11.4. The summed E-state index contributed by atoms with van der Waals surface area (Å²) in [7, 11) is 0. The first-order valence-electron chi connectivity index (χ1n) is 10.3. The van der Waals surface area contributed by atoms with Crippen LogP contribution in [0.5, 0.6) is 0 Å². The van der Waals surface area contributed by atoms with Crippen molar-refractivity contribution in [3.05, 3.63) is 99.0 Å². The SMILES string of the molecule is C[C@](O)(CN1CCN(c2ccc(Cl)cc2Cl)[C@H](c2ccc(Cl)cc2)C1)c1ccccc1. The zero-order valence-electron chi connectivity index (χ0n) is 17.3. The topological polar surface area (TPSA) is 26.7 Å². The van der Waals surface area contributed by atoms with Gasteiger partial charge in [0, 0.05) is 36.2 Å². The highest BCUT2D eigenvalue weighted by Gasteiger charge is 2.33. The molecule has 2 atom stereocenters. The average Bonchev–Trinajstić information content (AvgIpc) is 2.75. The van der Waals surface area contributed by atoms with E-state index in [-0.39, 0.29) is 6.04 Å². The van der Waals surface area contributed by atoms with Gasteiger partial charge in [0.25, 0.3) is 0 Å². The number of halogens is 3. The lowest BCUT2D eigenvalue weighted by molar-refractivity contribution is 0.0103. The normalized spacial score (nSPS) is 19.3. The van der Waals surface area contributed by atoms with Crippen molar-refractivity contribution in [2.24, 2.45) is 0 Å². The van der Waals surface area contributed by atoms with Gasteiger partial charge < -0.3 is 10.0 Å².